The third kappa shape index (κ3) is 3.72. The van der Waals surface area contributed by atoms with Crippen molar-refractivity contribution in [3.05, 3.63) is 41.2 Å². The normalized spacial score (nSPS) is 11.3. The lowest BCUT2D eigenvalue weighted by Crippen LogP contribution is -2.21. The summed E-state index contributed by atoms with van der Waals surface area (Å²) in [6, 6.07) is 6.80. The molecule has 0 aliphatic heterocycles. The molecule has 0 fully saturated rings. The lowest BCUT2D eigenvalue weighted by Gasteiger charge is -2.09. The second kappa shape index (κ2) is 6.44. The van der Waals surface area contributed by atoms with E-state index in [0.29, 0.717) is 18.4 Å². The fourth-order valence-corrected chi connectivity index (χ4v) is 1.40. The van der Waals surface area contributed by atoms with E-state index in [-0.39, 0.29) is 6.61 Å². The molecule has 0 saturated carbocycles. The van der Waals surface area contributed by atoms with E-state index >= 15 is 0 Å². The van der Waals surface area contributed by atoms with Crippen molar-refractivity contribution in [1.82, 2.24) is 0 Å². The Bertz CT molecular complexity index is 431. The van der Waals surface area contributed by atoms with Gasteiger partial charge in [0.15, 0.2) is 5.69 Å². The van der Waals surface area contributed by atoms with E-state index in [9.17, 15) is 9.59 Å². The summed E-state index contributed by atoms with van der Waals surface area (Å²) in [7, 11) is 0. The first-order valence-corrected chi connectivity index (χ1v) is 5.29. The Hall–Kier alpha value is -2.15. The fourth-order valence-electron chi connectivity index (χ4n) is 1.40. The van der Waals surface area contributed by atoms with E-state index in [0.717, 1.165) is 5.56 Å². The summed E-state index contributed by atoms with van der Waals surface area (Å²) in [5.41, 5.74) is 1.37. The predicted molar refractivity (Wildman–Crippen MR) is 62.6 cm³/mol. The van der Waals surface area contributed by atoms with Crippen molar-refractivity contribution in [1.29, 1.82) is 0 Å². The summed E-state index contributed by atoms with van der Waals surface area (Å²) < 4.78 is 4.79. The van der Waals surface area contributed by atoms with Gasteiger partial charge in [-0.3, -0.25) is 4.79 Å². The molecule has 0 aromatic heterocycles. The van der Waals surface area contributed by atoms with Gasteiger partial charge in [0, 0.05) is 0 Å². The van der Waals surface area contributed by atoms with Gasteiger partial charge in [-0.25, -0.2) is 4.85 Å². The molecule has 0 amide bonds. The van der Waals surface area contributed by atoms with Crippen LogP contribution in [0.5, 0.6) is 0 Å². The molecule has 17 heavy (non-hydrogen) atoms. The molecule has 88 valence electrons. The van der Waals surface area contributed by atoms with Gasteiger partial charge in [-0.15, -0.1) is 0 Å². The molecule has 4 nitrogen and oxygen atoms in total. The van der Waals surface area contributed by atoms with Crippen molar-refractivity contribution >= 4 is 17.9 Å². The van der Waals surface area contributed by atoms with E-state index in [1.165, 1.54) is 0 Å². The average Bonchev–Trinajstić information content (AvgIpc) is 2.37. The zero-order valence-electron chi connectivity index (χ0n) is 9.55. The van der Waals surface area contributed by atoms with Crippen LogP contribution in [0.3, 0.4) is 0 Å². The van der Waals surface area contributed by atoms with E-state index < -0.39 is 11.9 Å². The predicted octanol–water partition coefficient (Wildman–Crippen LogP) is 2.16. The van der Waals surface area contributed by atoms with Crippen LogP contribution in [0.2, 0.25) is 0 Å². The number of hydrogen-bond donors (Lipinski definition) is 0. The molecule has 0 saturated heterocycles. The Morgan fingerprint density at radius 1 is 1.47 bits per heavy atom. The van der Waals surface area contributed by atoms with Gasteiger partial charge in [0.2, 0.25) is 0 Å². The van der Waals surface area contributed by atoms with Crippen LogP contribution in [0.15, 0.2) is 24.3 Å². The SMILES string of the molecule is [C-]#[N+]c1ccc(CC(C=O)C(=O)OCC)cc1. The van der Waals surface area contributed by atoms with Crippen LogP contribution in [0.25, 0.3) is 4.85 Å². The first-order valence-electron chi connectivity index (χ1n) is 5.29. The van der Waals surface area contributed by atoms with E-state index in [1.807, 2.05) is 0 Å². The van der Waals surface area contributed by atoms with Crippen LogP contribution in [0.4, 0.5) is 5.69 Å². The number of aldehydes is 1. The largest absolute Gasteiger partial charge is 0.465 e. The lowest BCUT2D eigenvalue weighted by atomic mass is 10.0. The molecule has 1 rings (SSSR count). The standard InChI is InChI=1S/C13H13NO3/c1-3-17-13(16)11(9-15)8-10-4-6-12(14-2)7-5-10/h4-7,9,11H,3,8H2,1H3. The zero-order chi connectivity index (χ0) is 12.7. The van der Waals surface area contributed by atoms with Gasteiger partial charge in [-0.05, 0) is 18.9 Å². The topological polar surface area (TPSA) is 47.7 Å². The molecule has 0 radical (unpaired) electrons. The maximum absolute atomic E-state index is 11.4. The van der Waals surface area contributed by atoms with Crippen molar-refractivity contribution in [2.24, 2.45) is 5.92 Å². The Morgan fingerprint density at radius 3 is 2.59 bits per heavy atom. The highest BCUT2D eigenvalue weighted by Gasteiger charge is 2.19. The third-order valence-corrected chi connectivity index (χ3v) is 2.27. The third-order valence-electron chi connectivity index (χ3n) is 2.27. The van der Waals surface area contributed by atoms with E-state index in [4.69, 9.17) is 11.3 Å². The average molecular weight is 231 g/mol. The number of ether oxygens (including phenoxy) is 1. The molecule has 0 heterocycles. The van der Waals surface area contributed by atoms with Gasteiger partial charge in [0.05, 0.1) is 13.2 Å². The Labute approximate surface area is 100 Å². The second-order valence-electron chi connectivity index (χ2n) is 3.48. The summed E-state index contributed by atoms with van der Waals surface area (Å²) in [6.07, 6.45) is 0.904. The molecular weight excluding hydrogens is 218 g/mol. The number of esters is 1. The van der Waals surface area contributed by atoms with E-state index in [1.54, 1.807) is 31.2 Å². The maximum Gasteiger partial charge on any atom is 0.316 e. The zero-order valence-corrected chi connectivity index (χ0v) is 9.55. The molecule has 1 atom stereocenters. The minimum atomic E-state index is -0.770. The van der Waals surface area contributed by atoms with Gasteiger partial charge in [0.25, 0.3) is 0 Å². The number of nitrogens with zero attached hydrogens (tertiary/aromatic N) is 1. The molecular formula is C13H13NO3. The van der Waals surface area contributed by atoms with E-state index in [2.05, 4.69) is 4.85 Å². The number of carbonyl (C=O) groups excluding carboxylic acids is 2. The summed E-state index contributed by atoms with van der Waals surface area (Å²) in [4.78, 5) is 25.5. The molecule has 1 aromatic rings. The van der Waals surface area contributed by atoms with Gasteiger partial charge in [-0.2, -0.15) is 0 Å². The van der Waals surface area contributed by atoms with Crippen LogP contribution in [0, 0.1) is 12.5 Å². The minimum absolute atomic E-state index is 0.264. The second-order valence-corrected chi connectivity index (χ2v) is 3.48. The first-order chi connectivity index (χ1) is 8.21. The van der Waals surface area contributed by atoms with Crippen LogP contribution in [-0.2, 0) is 20.7 Å². The Balaban J connectivity index is 2.70. The molecule has 0 spiro atoms. The van der Waals surface area contributed by atoms with Crippen LogP contribution in [0.1, 0.15) is 12.5 Å². The quantitative estimate of drug-likeness (QED) is 0.337. The van der Waals surface area contributed by atoms with Crippen molar-refractivity contribution in [3.8, 4) is 0 Å². The molecule has 1 unspecified atom stereocenters. The monoisotopic (exact) mass is 231 g/mol. The van der Waals surface area contributed by atoms with Crippen LogP contribution < -0.4 is 0 Å². The minimum Gasteiger partial charge on any atom is -0.465 e. The van der Waals surface area contributed by atoms with Crippen molar-refractivity contribution in [2.45, 2.75) is 13.3 Å². The highest BCUT2D eigenvalue weighted by atomic mass is 16.5. The van der Waals surface area contributed by atoms with Gasteiger partial charge >= 0.3 is 5.97 Å². The summed E-state index contributed by atoms with van der Waals surface area (Å²) in [6.45, 7) is 8.77. The molecule has 0 aliphatic rings. The molecule has 0 N–H and O–H groups in total. The van der Waals surface area contributed by atoms with Crippen LogP contribution >= 0.6 is 0 Å². The van der Waals surface area contributed by atoms with Crippen LogP contribution in [-0.4, -0.2) is 18.9 Å². The number of carbonyl (C=O) groups is 2. The molecule has 0 aliphatic carbocycles. The summed E-state index contributed by atoms with van der Waals surface area (Å²) in [5, 5.41) is 0. The number of benzene rings is 1. The highest BCUT2D eigenvalue weighted by molar-refractivity contribution is 5.88. The smallest absolute Gasteiger partial charge is 0.316 e. The fraction of sp³-hybridized carbons (Fsp3) is 0.308. The number of rotatable bonds is 5. The van der Waals surface area contributed by atoms with Gasteiger partial charge < -0.3 is 9.53 Å². The Morgan fingerprint density at radius 2 is 2.12 bits per heavy atom. The summed E-state index contributed by atoms with van der Waals surface area (Å²) in [5.74, 6) is -1.27. The van der Waals surface area contributed by atoms with Crippen molar-refractivity contribution < 1.29 is 14.3 Å². The molecule has 0 bridgehead atoms. The Kier molecular flexibility index (Phi) is 4.89. The van der Waals surface area contributed by atoms with Crippen molar-refractivity contribution in [2.75, 3.05) is 6.61 Å². The number of hydrogen-bond acceptors (Lipinski definition) is 3. The maximum atomic E-state index is 11.4. The van der Waals surface area contributed by atoms with Crippen molar-refractivity contribution in [3.63, 3.8) is 0 Å². The first kappa shape index (κ1) is 12.9. The van der Waals surface area contributed by atoms with Gasteiger partial charge in [-0.1, -0.05) is 24.3 Å². The highest BCUT2D eigenvalue weighted by Crippen LogP contribution is 2.15. The molecule has 1 aromatic carbocycles. The lowest BCUT2D eigenvalue weighted by molar-refractivity contribution is -0.149. The van der Waals surface area contributed by atoms with Gasteiger partial charge in [0.1, 0.15) is 12.2 Å². The molecule has 4 heteroatoms. The summed E-state index contributed by atoms with van der Waals surface area (Å²) >= 11 is 0.